The second kappa shape index (κ2) is 7.60. The number of benzene rings is 2. The van der Waals surface area contributed by atoms with Gasteiger partial charge in [-0.05, 0) is 41.3 Å². The van der Waals surface area contributed by atoms with E-state index in [0.717, 1.165) is 28.8 Å². The third kappa shape index (κ3) is 4.15. The summed E-state index contributed by atoms with van der Waals surface area (Å²) >= 11 is 0. The maximum atomic E-state index is 11.5. The molecule has 5 nitrogen and oxygen atoms in total. The van der Waals surface area contributed by atoms with Gasteiger partial charge in [0.05, 0.1) is 12.6 Å². The largest absolute Gasteiger partial charge is 0.490 e. The number of rotatable bonds is 6. The number of nitrogens with one attached hydrogen (secondary N) is 1. The number of aromatic nitrogens is 1. The summed E-state index contributed by atoms with van der Waals surface area (Å²) in [6.07, 6.45) is 4.67. The van der Waals surface area contributed by atoms with Crippen molar-refractivity contribution >= 4 is 11.6 Å². The van der Waals surface area contributed by atoms with Crippen molar-refractivity contribution in [3.05, 3.63) is 78.1 Å². The molecule has 0 radical (unpaired) electrons. The summed E-state index contributed by atoms with van der Waals surface area (Å²) in [5, 5.41) is 2.85. The van der Waals surface area contributed by atoms with Crippen molar-refractivity contribution < 1.29 is 9.53 Å². The number of nitrogens with two attached hydrogens (primary N) is 1. The molecule has 3 N–H and O–H groups in total. The Balaban J connectivity index is 1.42. The Hall–Kier alpha value is -3.18. The van der Waals surface area contributed by atoms with Crippen LogP contribution in [-0.2, 0) is 17.6 Å². The number of nitrogens with zero attached hydrogens (tertiary/aromatic N) is 1. The average molecular weight is 359 g/mol. The van der Waals surface area contributed by atoms with E-state index >= 15 is 0 Å². The number of pyridine rings is 1. The van der Waals surface area contributed by atoms with E-state index in [-0.39, 0.29) is 11.9 Å². The normalized spacial score (nSPS) is 13.7. The molecule has 4 rings (SSSR count). The van der Waals surface area contributed by atoms with Crippen LogP contribution in [0.25, 0.3) is 11.1 Å². The molecule has 2 aromatic carbocycles. The Labute approximate surface area is 158 Å². The van der Waals surface area contributed by atoms with Gasteiger partial charge in [-0.1, -0.05) is 36.4 Å². The zero-order chi connectivity index (χ0) is 18.6. The average Bonchev–Trinajstić information content (AvgIpc) is 3.06. The van der Waals surface area contributed by atoms with Crippen molar-refractivity contribution in [2.24, 2.45) is 5.73 Å². The van der Waals surface area contributed by atoms with Crippen LogP contribution in [0.3, 0.4) is 0 Å². The number of carbonyl (C=O) groups excluding carboxylic acids is 1. The van der Waals surface area contributed by atoms with Crippen LogP contribution < -0.4 is 15.8 Å². The quantitative estimate of drug-likeness (QED) is 0.709. The number of hydrogen-bond acceptors (Lipinski definition) is 4. The van der Waals surface area contributed by atoms with Crippen molar-refractivity contribution in [3.63, 3.8) is 0 Å². The molecule has 5 heteroatoms. The van der Waals surface area contributed by atoms with E-state index in [1.54, 1.807) is 12.4 Å². The van der Waals surface area contributed by atoms with Gasteiger partial charge in [-0.3, -0.25) is 9.78 Å². The monoisotopic (exact) mass is 359 g/mol. The lowest BCUT2D eigenvalue weighted by Crippen LogP contribution is -2.30. The lowest BCUT2D eigenvalue weighted by atomic mass is 10.0. The summed E-state index contributed by atoms with van der Waals surface area (Å²) in [6.45, 7) is 0.419. The van der Waals surface area contributed by atoms with Gasteiger partial charge in [0.2, 0.25) is 5.91 Å². The number of carbonyl (C=O) groups is 1. The van der Waals surface area contributed by atoms with Crippen LogP contribution in [0.4, 0.5) is 5.69 Å². The molecule has 136 valence electrons. The minimum Gasteiger partial charge on any atom is -0.490 e. The molecular weight excluding hydrogens is 338 g/mol. The van der Waals surface area contributed by atoms with Crippen molar-refractivity contribution in [2.75, 3.05) is 11.9 Å². The first-order valence-corrected chi connectivity index (χ1v) is 8.98. The molecule has 1 amide bonds. The molecule has 1 aliphatic rings. The summed E-state index contributed by atoms with van der Waals surface area (Å²) in [5.74, 6) is 0.718. The number of amides is 1. The fourth-order valence-corrected chi connectivity index (χ4v) is 3.24. The van der Waals surface area contributed by atoms with Crippen LogP contribution in [0.5, 0.6) is 5.75 Å². The molecule has 0 saturated heterocycles. The standard InChI is InChI=1S/C22H21N3O2/c23-19(8-15-4-2-1-3-5-15)14-27-20-10-18(12-24-13-20)16-6-7-21-17(9-16)11-22(26)25-21/h1-7,9-10,12-13,19H,8,11,14,23H2,(H,25,26)/t19-/m0/s1. The van der Waals surface area contributed by atoms with Crippen LogP contribution in [0.1, 0.15) is 11.1 Å². The number of anilines is 1. The van der Waals surface area contributed by atoms with Crippen molar-refractivity contribution in [1.82, 2.24) is 4.98 Å². The van der Waals surface area contributed by atoms with Crippen LogP contribution in [0, 0.1) is 0 Å². The highest BCUT2D eigenvalue weighted by Gasteiger charge is 2.18. The smallest absolute Gasteiger partial charge is 0.228 e. The minimum absolute atomic E-state index is 0.0322. The van der Waals surface area contributed by atoms with Gasteiger partial charge in [-0.15, -0.1) is 0 Å². The van der Waals surface area contributed by atoms with Crippen molar-refractivity contribution in [3.8, 4) is 16.9 Å². The molecular formula is C22H21N3O2. The molecule has 1 atom stereocenters. The molecule has 0 saturated carbocycles. The van der Waals surface area contributed by atoms with Crippen molar-refractivity contribution in [1.29, 1.82) is 0 Å². The fraction of sp³-hybridized carbons (Fsp3) is 0.182. The van der Waals surface area contributed by atoms with E-state index in [4.69, 9.17) is 10.5 Å². The van der Waals surface area contributed by atoms with Gasteiger partial charge < -0.3 is 15.8 Å². The molecule has 1 aromatic heterocycles. The van der Waals surface area contributed by atoms with Gasteiger partial charge in [0.25, 0.3) is 0 Å². The Morgan fingerprint density at radius 3 is 2.78 bits per heavy atom. The van der Waals surface area contributed by atoms with E-state index in [1.165, 1.54) is 5.56 Å². The Bertz CT molecular complexity index is 957. The molecule has 0 unspecified atom stereocenters. The van der Waals surface area contributed by atoms with Gasteiger partial charge in [-0.2, -0.15) is 0 Å². The zero-order valence-corrected chi connectivity index (χ0v) is 14.9. The summed E-state index contributed by atoms with van der Waals surface area (Å²) < 4.78 is 5.86. The minimum atomic E-state index is -0.0897. The second-order valence-electron chi connectivity index (χ2n) is 6.77. The van der Waals surface area contributed by atoms with E-state index in [9.17, 15) is 4.79 Å². The Kier molecular flexibility index (Phi) is 4.85. The first-order valence-electron chi connectivity index (χ1n) is 8.98. The highest BCUT2D eigenvalue weighted by molar-refractivity contribution is 5.99. The van der Waals surface area contributed by atoms with Gasteiger partial charge in [-0.25, -0.2) is 0 Å². The van der Waals surface area contributed by atoms with Crippen LogP contribution in [0.15, 0.2) is 67.0 Å². The summed E-state index contributed by atoms with van der Waals surface area (Å²) in [5.41, 5.74) is 11.2. The predicted molar refractivity (Wildman–Crippen MR) is 106 cm³/mol. The molecule has 2 heterocycles. The van der Waals surface area contributed by atoms with Gasteiger partial charge in [0.1, 0.15) is 12.4 Å². The Morgan fingerprint density at radius 1 is 1.07 bits per heavy atom. The zero-order valence-electron chi connectivity index (χ0n) is 14.9. The van der Waals surface area contributed by atoms with Crippen LogP contribution >= 0.6 is 0 Å². The van der Waals surface area contributed by atoms with E-state index in [2.05, 4.69) is 22.4 Å². The van der Waals surface area contributed by atoms with E-state index < -0.39 is 0 Å². The van der Waals surface area contributed by atoms with Gasteiger partial charge in [0.15, 0.2) is 0 Å². The van der Waals surface area contributed by atoms with E-state index in [1.807, 2.05) is 42.5 Å². The third-order valence-corrected chi connectivity index (χ3v) is 4.58. The van der Waals surface area contributed by atoms with Gasteiger partial charge in [0, 0.05) is 23.5 Å². The lowest BCUT2D eigenvalue weighted by molar-refractivity contribution is -0.115. The first-order chi connectivity index (χ1) is 13.2. The highest BCUT2D eigenvalue weighted by atomic mass is 16.5. The molecule has 27 heavy (non-hydrogen) atoms. The molecule has 3 aromatic rings. The molecule has 0 bridgehead atoms. The highest BCUT2D eigenvalue weighted by Crippen LogP contribution is 2.30. The van der Waals surface area contributed by atoms with E-state index in [0.29, 0.717) is 18.8 Å². The molecule has 0 spiro atoms. The Morgan fingerprint density at radius 2 is 1.93 bits per heavy atom. The molecule has 0 aliphatic carbocycles. The van der Waals surface area contributed by atoms with Gasteiger partial charge >= 0.3 is 0 Å². The number of fused-ring (bicyclic) bond motifs is 1. The third-order valence-electron chi connectivity index (χ3n) is 4.58. The number of hydrogen-bond donors (Lipinski definition) is 2. The maximum absolute atomic E-state index is 11.5. The SMILES string of the molecule is N[C@H](COc1cncc(-c2ccc3c(c2)CC(=O)N3)c1)Cc1ccccc1. The molecule has 0 fully saturated rings. The summed E-state index contributed by atoms with van der Waals surface area (Å²) in [4.78, 5) is 15.8. The topological polar surface area (TPSA) is 77.2 Å². The predicted octanol–water partition coefficient (Wildman–Crippen LogP) is 3.19. The summed E-state index contributed by atoms with van der Waals surface area (Å²) in [6, 6.07) is 17.9. The lowest BCUT2D eigenvalue weighted by Gasteiger charge is -2.14. The maximum Gasteiger partial charge on any atom is 0.228 e. The summed E-state index contributed by atoms with van der Waals surface area (Å²) in [7, 11) is 0. The fourth-order valence-electron chi connectivity index (χ4n) is 3.24. The number of ether oxygens (including phenoxy) is 1. The van der Waals surface area contributed by atoms with Crippen LogP contribution in [-0.4, -0.2) is 23.5 Å². The van der Waals surface area contributed by atoms with Crippen molar-refractivity contribution in [2.45, 2.75) is 18.9 Å². The molecule has 1 aliphatic heterocycles. The second-order valence-corrected chi connectivity index (χ2v) is 6.77. The van der Waals surface area contributed by atoms with Crippen LogP contribution in [0.2, 0.25) is 0 Å². The first kappa shape index (κ1) is 17.2.